The quantitative estimate of drug-likeness (QED) is 0.388. The molecule has 2 rings (SSSR count). The molecule has 0 aliphatic heterocycles. The smallest absolute Gasteiger partial charge is 0.262 e. The molecule has 0 atom stereocenters. The second kappa shape index (κ2) is 11.4. The Morgan fingerprint density at radius 2 is 1.93 bits per heavy atom. The minimum atomic E-state index is -0.443. The SMILES string of the molecule is CCOc1cc(/C=C(/C#N)C(=O)NCCOC)ccc1OCc1ccccc1. The Bertz CT molecular complexity index is 841. The summed E-state index contributed by atoms with van der Waals surface area (Å²) in [6.07, 6.45) is 1.52. The Kier molecular flexibility index (Phi) is 8.57. The normalized spacial score (nSPS) is 10.8. The molecule has 0 heterocycles. The number of amides is 1. The first-order chi connectivity index (χ1) is 13.7. The third kappa shape index (κ3) is 6.45. The average Bonchev–Trinajstić information content (AvgIpc) is 2.72. The Morgan fingerprint density at radius 3 is 2.61 bits per heavy atom. The van der Waals surface area contributed by atoms with Crippen molar-refractivity contribution in [3.05, 3.63) is 65.2 Å². The molecule has 0 aliphatic carbocycles. The zero-order valence-electron chi connectivity index (χ0n) is 16.1. The van der Waals surface area contributed by atoms with Gasteiger partial charge in [-0.05, 0) is 36.3 Å². The number of benzene rings is 2. The number of methoxy groups -OCH3 is 1. The molecule has 0 saturated carbocycles. The highest BCUT2D eigenvalue weighted by molar-refractivity contribution is 6.01. The maximum atomic E-state index is 12.1. The summed E-state index contributed by atoms with van der Waals surface area (Å²) < 4.78 is 16.4. The first-order valence-corrected chi connectivity index (χ1v) is 9.00. The van der Waals surface area contributed by atoms with Crippen LogP contribution in [0.25, 0.3) is 6.08 Å². The van der Waals surface area contributed by atoms with E-state index in [-0.39, 0.29) is 5.57 Å². The number of hydrogen-bond acceptors (Lipinski definition) is 5. The lowest BCUT2D eigenvalue weighted by Gasteiger charge is -2.13. The fraction of sp³-hybridized carbons (Fsp3) is 0.273. The third-order valence-electron chi connectivity index (χ3n) is 3.77. The monoisotopic (exact) mass is 380 g/mol. The Labute approximate surface area is 165 Å². The molecule has 0 aromatic heterocycles. The van der Waals surface area contributed by atoms with Gasteiger partial charge in [0.05, 0.1) is 13.2 Å². The fourth-order valence-corrected chi connectivity index (χ4v) is 2.41. The van der Waals surface area contributed by atoms with Crippen LogP contribution in [0.5, 0.6) is 11.5 Å². The molecular formula is C22H24N2O4. The van der Waals surface area contributed by atoms with Crippen molar-refractivity contribution in [2.45, 2.75) is 13.5 Å². The first kappa shape index (κ1) is 21.0. The summed E-state index contributed by atoms with van der Waals surface area (Å²) >= 11 is 0. The van der Waals surface area contributed by atoms with Crippen LogP contribution in [0.15, 0.2) is 54.1 Å². The van der Waals surface area contributed by atoms with E-state index in [4.69, 9.17) is 14.2 Å². The third-order valence-corrected chi connectivity index (χ3v) is 3.77. The lowest BCUT2D eigenvalue weighted by Crippen LogP contribution is -2.27. The van der Waals surface area contributed by atoms with E-state index in [9.17, 15) is 10.1 Å². The summed E-state index contributed by atoms with van der Waals surface area (Å²) in [5.74, 6) is 0.720. The van der Waals surface area contributed by atoms with E-state index < -0.39 is 5.91 Å². The van der Waals surface area contributed by atoms with Gasteiger partial charge in [0.2, 0.25) is 0 Å². The van der Waals surface area contributed by atoms with E-state index in [1.54, 1.807) is 25.3 Å². The molecule has 146 valence electrons. The number of carbonyl (C=O) groups is 1. The highest BCUT2D eigenvalue weighted by Crippen LogP contribution is 2.30. The largest absolute Gasteiger partial charge is 0.490 e. The highest BCUT2D eigenvalue weighted by atomic mass is 16.5. The second-order valence-corrected chi connectivity index (χ2v) is 5.83. The van der Waals surface area contributed by atoms with Crippen LogP contribution in [0.4, 0.5) is 0 Å². The van der Waals surface area contributed by atoms with Crippen molar-refractivity contribution >= 4 is 12.0 Å². The van der Waals surface area contributed by atoms with Crippen molar-refractivity contribution in [2.24, 2.45) is 0 Å². The molecule has 6 nitrogen and oxygen atoms in total. The zero-order valence-corrected chi connectivity index (χ0v) is 16.1. The summed E-state index contributed by atoms with van der Waals surface area (Å²) in [4.78, 5) is 12.1. The number of nitrogens with zero attached hydrogens (tertiary/aromatic N) is 1. The summed E-state index contributed by atoms with van der Waals surface area (Å²) in [6.45, 7) is 3.49. The number of nitriles is 1. The molecule has 0 unspecified atom stereocenters. The first-order valence-electron chi connectivity index (χ1n) is 9.00. The molecule has 0 spiro atoms. The lowest BCUT2D eigenvalue weighted by molar-refractivity contribution is -0.117. The van der Waals surface area contributed by atoms with E-state index in [1.807, 2.05) is 43.3 Å². The van der Waals surface area contributed by atoms with Crippen LogP contribution in [-0.2, 0) is 16.1 Å². The number of nitrogens with one attached hydrogen (secondary N) is 1. The van der Waals surface area contributed by atoms with Crippen molar-refractivity contribution in [1.29, 1.82) is 5.26 Å². The van der Waals surface area contributed by atoms with Gasteiger partial charge in [0.15, 0.2) is 11.5 Å². The highest BCUT2D eigenvalue weighted by Gasteiger charge is 2.11. The summed E-state index contributed by atoms with van der Waals surface area (Å²) in [6, 6.07) is 17.1. The van der Waals surface area contributed by atoms with E-state index in [1.165, 1.54) is 6.08 Å². The molecule has 2 aromatic rings. The molecule has 6 heteroatoms. The van der Waals surface area contributed by atoms with Gasteiger partial charge in [-0.15, -0.1) is 0 Å². The number of ether oxygens (including phenoxy) is 3. The van der Waals surface area contributed by atoms with Gasteiger partial charge in [-0.2, -0.15) is 5.26 Å². The van der Waals surface area contributed by atoms with Gasteiger partial charge in [-0.1, -0.05) is 36.4 Å². The van der Waals surface area contributed by atoms with Crippen molar-refractivity contribution in [1.82, 2.24) is 5.32 Å². The van der Waals surface area contributed by atoms with Gasteiger partial charge in [0.25, 0.3) is 5.91 Å². The van der Waals surface area contributed by atoms with Crippen LogP contribution in [-0.4, -0.2) is 32.8 Å². The molecule has 0 aliphatic rings. The fourth-order valence-electron chi connectivity index (χ4n) is 2.41. The van der Waals surface area contributed by atoms with Crippen LogP contribution >= 0.6 is 0 Å². The maximum Gasteiger partial charge on any atom is 0.262 e. The number of carbonyl (C=O) groups excluding carboxylic acids is 1. The van der Waals surface area contributed by atoms with Crippen molar-refractivity contribution in [3.8, 4) is 17.6 Å². The van der Waals surface area contributed by atoms with Gasteiger partial charge in [-0.25, -0.2) is 0 Å². The zero-order chi connectivity index (χ0) is 20.2. The van der Waals surface area contributed by atoms with Crippen LogP contribution in [0.3, 0.4) is 0 Å². The summed E-state index contributed by atoms with van der Waals surface area (Å²) in [5, 5.41) is 11.9. The van der Waals surface area contributed by atoms with E-state index >= 15 is 0 Å². The average molecular weight is 380 g/mol. The van der Waals surface area contributed by atoms with Crippen molar-refractivity contribution in [2.75, 3.05) is 26.9 Å². The van der Waals surface area contributed by atoms with Crippen LogP contribution in [0.1, 0.15) is 18.1 Å². The molecule has 28 heavy (non-hydrogen) atoms. The summed E-state index contributed by atoms with van der Waals surface area (Å²) in [5.41, 5.74) is 1.74. The molecule has 1 amide bonds. The van der Waals surface area contributed by atoms with Gasteiger partial charge in [-0.3, -0.25) is 4.79 Å². The Balaban J connectivity index is 2.15. The van der Waals surface area contributed by atoms with Gasteiger partial charge >= 0.3 is 0 Å². The van der Waals surface area contributed by atoms with E-state index in [0.717, 1.165) is 5.56 Å². The number of rotatable bonds is 10. The number of hydrogen-bond donors (Lipinski definition) is 1. The van der Waals surface area contributed by atoms with Crippen molar-refractivity contribution in [3.63, 3.8) is 0 Å². The second-order valence-electron chi connectivity index (χ2n) is 5.83. The molecule has 0 radical (unpaired) electrons. The molecule has 0 bridgehead atoms. The minimum Gasteiger partial charge on any atom is -0.490 e. The Hall–Kier alpha value is -3.30. The molecular weight excluding hydrogens is 356 g/mol. The van der Waals surface area contributed by atoms with Crippen LogP contribution in [0.2, 0.25) is 0 Å². The maximum absolute atomic E-state index is 12.1. The van der Waals surface area contributed by atoms with Crippen molar-refractivity contribution < 1.29 is 19.0 Å². The Morgan fingerprint density at radius 1 is 1.14 bits per heavy atom. The molecule has 2 aromatic carbocycles. The minimum absolute atomic E-state index is 0.0107. The van der Waals surface area contributed by atoms with Crippen LogP contribution < -0.4 is 14.8 Å². The van der Waals surface area contributed by atoms with Gasteiger partial charge < -0.3 is 19.5 Å². The van der Waals surface area contributed by atoms with Gasteiger partial charge in [0, 0.05) is 13.7 Å². The predicted molar refractivity (Wildman–Crippen MR) is 107 cm³/mol. The topological polar surface area (TPSA) is 80.6 Å². The molecule has 0 saturated heterocycles. The standard InChI is InChI=1S/C22H24N2O4/c1-3-27-21-14-18(13-19(15-23)22(25)24-11-12-26-2)9-10-20(21)28-16-17-7-5-4-6-8-17/h4-10,13-14H,3,11-12,16H2,1-2H3,(H,24,25)/b19-13-. The predicted octanol–water partition coefficient (Wildman–Crippen LogP) is 3.33. The summed E-state index contributed by atoms with van der Waals surface area (Å²) in [7, 11) is 1.55. The van der Waals surface area contributed by atoms with E-state index in [0.29, 0.717) is 43.4 Å². The molecule has 1 N–H and O–H groups in total. The van der Waals surface area contributed by atoms with Crippen LogP contribution in [0, 0.1) is 11.3 Å². The lowest BCUT2D eigenvalue weighted by atomic mass is 10.1. The molecule has 0 fully saturated rings. The van der Waals surface area contributed by atoms with E-state index in [2.05, 4.69) is 5.32 Å². The van der Waals surface area contributed by atoms with Gasteiger partial charge in [0.1, 0.15) is 18.2 Å².